The first kappa shape index (κ1) is 21.3. The zero-order valence-electron chi connectivity index (χ0n) is 18.8. The third kappa shape index (κ3) is 3.67. The summed E-state index contributed by atoms with van der Waals surface area (Å²) in [6, 6.07) is 24.5. The first-order valence-electron chi connectivity index (χ1n) is 10.8. The highest BCUT2D eigenvalue weighted by Crippen LogP contribution is 2.25. The van der Waals surface area contributed by atoms with Crippen molar-refractivity contribution in [2.45, 2.75) is 13.5 Å². The summed E-state index contributed by atoms with van der Waals surface area (Å²) in [5.41, 5.74) is 3.70. The number of fused-ring (bicyclic) bond motifs is 2. The minimum atomic E-state index is -0.339. The van der Waals surface area contributed by atoms with Gasteiger partial charge in [-0.05, 0) is 25.1 Å². The summed E-state index contributed by atoms with van der Waals surface area (Å²) in [6.07, 6.45) is 1.66. The fourth-order valence-corrected chi connectivity index (χ4v) is 4.14. The molecule has 0 amide bonds. The second-order valence-electron chi connectivity index (χ2n) is 7.86. The van der Waals surface area contributed by atoms with E-state index in [1.807, 2.05) is 84.3 Å². The normalized spacial score (nSPS) is 11.5. The molecule has 0 aliphatic rings. The average molecular weight is 450 g/mol. The summed E-state index contributed by atoms with van der Waals surface area (Å²) in [4.78, 5) is 30.2. The second-order valence-corrected chi connectivity index (χ2v) is 7.86. The van der Waals surface area contributed by atoms with Crippen LogP contribution in [0.5, 0.6) is 0 Å². The molecular weight excluding hydrogens is 428 g/mol. The highest BCUT2D eigenvalue weighted by atomic mass is 16.5. The van der Waals surface area contributed by atoms with Crippen LogP contribution in [-0.2, 0) is 16.1 Å². The van der Waals surface area contributed by atoms with Gasteiger partial charge < -0.3 is 9.30 Å². The van der Waals surface area contributed by atoms with E-state index in [1.165, 1.54) is 11.8 Å². The number of methoxy groups -OCH3 is 1. The molecular formula is C27H22N4O3. The van der Waals surface area contributed by atoms with Crippen LogP contribution in [0.25, 0.3) is 33.2 Å². The Morgan fingerprint density at radius 1 is 0.971 bits per heavy atom. The third-order valence-electron chi connectivity index (χ3n) is 5.88. The maximum absolute atomic E-state index is 13.4. The number of para-hydroxylation sites is 2. The number of esters is 1. The van der Waals surface area contributed by atoms with Crippen LogP contribution >= 0.6 is 0 Å². The summed E-state index contributed by atoms with van der Waals surface area (Å²) in [6.45, 7) is 2.01. The van der Waals surface area contributed by atoms with E-state index in [0.717, 1.165) is 27.7 Å². The van der Waals surface area contributed by atoms with Gasteiger partial charge in [-0.2, -0.15) is 9.78 Å². The minimum Gasteiger partial charge on any atom is -0.468 e. The van der Waals surface area contributed by atoms with Crippen molar-refractivity contribution in [2.24, 2.45) is 5.10 Å². The van der Waals surface area contributed by atoms with Gasteiger partial charge in [0.1, 0.15) is 6.54 Å². The number of rotatable bonds is 5. The molecule has 2 aromatic heterocycles. The van der Waals surface area contributed by atoms with Crippen molar-refractivity contribution in [3.05, 3.63) is 100 Å². The SMILES string of the molecule is COC(=O)Cn1c(C)c(C=Nn2c(-c3ccccc3)nc3ccccc3c2=O)c2ccccc21. The van der Waals surface area contributed by atoms with Crippen molar-refractivity contribution in [2.75, 3.05) is 7.11 Å². The highest BCUT2D eigenvalue weighted by Gasteiger charge is 2.16. The molecule has 0 saturated carbocycles. The van der Waals surface area contributed by atoms with Gasteiger partial charge in [0.05, 0.1) is 24.2 Å². The Balaban J connectivity index is 1.72. The van der Waals surface area contributed by atoms with Crippen LogP contribution in [0.15, 0.2) is 88.8 Å². The zero-order valence-corrected chi connectivity index (χ0v) is 18.8. The van der Waals surface area contributed by atoms with Gasteiger partial charge in [-0.1, -0.05) is 60.7 Å². The van der Waals surface area contributed by atoms with Crippen molar-refractivity contribution in [3.8, 4) is 11.4 Å². The molecule has 0 fully saturated rings. The van der Waals surface area contributed by atoms with Gasteiger partial charge in [-0.25, -0.2) is 4.98 Å². The van der Waals surface area contributed by atoms with Crippen LogP contribution in [0, 0.1) is 6.92 Å². The Morgan fingerprint density at radius 2 is 1.65 bits per heavy atom. The lowest BCUT2D eigenvalue weighted by molar-refractivity contribution is -0.141. The lowest BCUT2D eigenvalue weighted by atomic mass is 10.1. The number of ether oxygens (including phenoxy) is 1. The van der Waals surface area contributed by atoms with Gasteiger partial charge in [0.15, 0.2) is 5.82 Å². The summed E-state index contributed by atoms with van der Waals surface area (Å²) in [5.74, 6) is 0.116. The molecule has 168 valence electrons. The van der Waals surface area contributed by atoms with Gasteiger partial charge in [-0.3, -0.25) is 9.59 Å². The number of hydrogen-bond donors (Lipinski definition) is 0. The summed E-state index contributed by atoms with van der Waals surface area (Å²) in [7, 11) is 1.37. The molecule has 0 atom stereocenters. The van der Waals surface area contributed by atoms with E-state index < -0.39 is 0 Å². The van der Waals surface area contributed by atoms with Crippen LogP contribution in [0.4, 0.5) is 0 Å². The predicted octanol–water partition coefficient (Wildman–Crippen LogP) is 4.38. The van der Waals surface area contributed by atoms with Crippen molar-refractivity contribution in [1.82, 2.24) is 14.2 Å². The highest BCUT2D eigenvalue weighted by molar-refractivity contribution is 6.01. The van der Waals surface area contributed by atoms with Crippen LogP contribution in [-0.4, -0.2) is 33.5 Å². The number of hydrogen-bond acceptors (Lipinski definition) is 5. The molecule has 5 aromatic rings. The molecule has 0 aliphatic carbocycles. The fraction of sp³-hybridized carbons (Fsp3) is 0.111. The number of carbonyl (C=O) groups is 1. The summed E-state index contributed by atoms with van der Waals surface area (Å²) >= 11 is 0. The van der Waals surface area contributed by atoms with E-state index in [0.29, 0.717) is 16.7 Å². The number of aromatic nitrogens is 3. The molecule has 2 heterocycles. The molecule has 5 rings (SSSR count). The topological polar surface area (TPSA) is 78.5 Å². The van der Waals surface area contributed by atoms with Gasteiger partial charge in [0.2, 0.25) is 0 Å². The van der Waals surface area contributed by atoms with Crippen LogP contribution in [0.3, 0.4) is 0 Å². The zero-order chi connectivity index (χ0) is 23.7. The van der Waals surface area contributed by atoms with E-state index in [9.17, 15) is 9.59 Å². The molecule has 7 nitrogen and oxygen atoms in total. The standard InChI is InChI=1S/C27H22N4O3/c1-18-22(20-12-7-9-15-24(20)30(18)17-25(32)34-2)16-28-31-26(19-10-4-3-5-11-19)29-23-14-8-6-13-21(23)27(31)33/h3-16H,17H2,1-2H3. The van der Waals surface area contributed by atoms with E-state index in [1.54, 1.807) is 12.3 Å². The Bertz CT molecular complexity index is 1610. The average Bonchev–Trinajstić information content (AvgIpc) is 3.14. The molecule has 34 heavy (non-hydrogen) atoms. The van der Waals surface area contributed by atoms with Crippen molar-refractivity contribution in [3.63, 3.8) is 0 Å². The fourth-order valence-electron chi connectivity index (χ4n) is 4.14. The molecule has 0 aliphatic heterocycles. The molecule has 7 heteroatoms. The van der Waals surface area contributed by atoms with Crippen LogP contribution < -0.4 is 5.56 Å². The molecule has 3 aromatic carbocycles. The predicted molar refractivity (Wildman–Crippen MR) is 133 cm³/mol. The first-order chi connectivity index (χ1) is 16.6. The molecule has 0 saturated heterocycles. The van der Waals surface area contributed by atoms with Crippen LogP contribution in [0.2, 0.25) is 0 Å². The lowest BCUT2D eigenvalue weighted by Crippen LogP contribution is -2.20. The van der Waals surface area contributed by atoms with E-state index in [4.69, 9.17) is 9.72 Å². The molecule has 0 radical (unpaired) electrons. The largest absolute Gasteiger partial charge is 0.468 e. The molecule has 0 N–H and O–H groups in total. The van der Waals surface area contributed by atoms with E-state index in [2.05, 4.69) is 5.10 Å². The number of benzene rings is 3. The Morgan fingerprint density at radius 3 is 2.41 bits per heavy atom. The third-order valence-corrected chi connectivity index (χ3v) is 5.88. The summed E-state index contributed by atoms with van der Waals surface area (Å²) < 4.78 is 8.10. The number of carbonyl (C=O) groups excluding carboxylic acids is 1. The lowest BCUT2D eigenvalue weighted by Gasteiger charge is -2.09. The first-order valence-corrected chi connectivity index (χ1v) is 10.8. The maximum Gasteiger partial charge on any atom is 0.325 e. The minimum absolute atomic E-state index is 0.0867. The van der Waals surface area contributed by atoms with Crippen LogP contribution in [0.1, 0.15) is 11.3 Å². The Kier molecular flexibility index (Phi) is 5.51. The Labute approximate surface area is 195 Å². The molecule has 0 spiro atoms. The van der Waals surface area contributed by atoms with E-state index in [-0.39, 0.29) is 18.1 Å². The van der Waals surface area contributed by atoms with Crippen molar-refractivity contribution in [1.29, 1.82) is 0 Å². The van der Waals surface area contributed by atoms with Gasteiger partial charge in [0.25, 0.3) is 5.56 Å². The molecule has 0 unspecified atom stereocenters. The van der Waals surface area contributed by atoms with Crippen molar-refractivity contribution >= 4 is 34.0 Å². The molecule has 0 bridgehead atoms. The smallest absolute Gasteiger partial charge is 0.325 e. The van der Waals surface area contributed by atoms with Crippen molar-refractivity contribution < 1.29 is 9.53 Å². The Hall–Kier alpha value is -4.52. The number of nitrogens with zero attached hydrogens (tertiary/aromatic N) is 4. The quantitative estimate of drug-likeness (QED) is 0.294. The monoisotopic (exact) mass is 450 g/mol. The van der Waals surface area contributed by atoms with E-state index >= 15 is 0 Å². The second kappa shape index (κ2) is 8.78. The van der Waals surface area contributed by atoms with Gasteiger partial charge in [-0.15, -0.1) is 0 Å². The van der Waals surface area contributed by atoms with Gasteiger partial charge >= 0.3 is 5.97 Å². The van der Waals surface area contributed by atoms with Gasteiger partial charge in [0, 0.05) is 27.7 Å². The maximum atomic E-state index is 13.4. The summed E-state index contributed by atoms with van der Waals surface area (Å²) in [5, 5.41) is 6.03.